The average Bonchev–Trinajstić information content (AvgIpc) is 2.98. The molecule has 1 aliphatic carbocycles. The molecule has 1 heterocycles. The minimum Gasteiger partial charge on any atom is -0.325 e. The molecule has 0 unspecified atom stereocenters. The molecule has 4 rings (SSSR count). The summed E-state index contributed by atoms with van der Waals surface area (Å²) in [5.74, 6) is -0.992. The summed E-state index contributed by atoms with van der Waals surface area (Å²) >= 11 is 0. The molecule has 0 radical (unpaired) electrons. The van der Waals surface area contributed by atoms with Crippen molar-refractivity contribution in [3.63, 3.8) is 0 Å². The first kappa shape index (κ1) is 16.0. The summed E-state index contributed by atoms with van der Waals surface area (Å²) in [4.78, 5) is 14.2. The highest BCUT2D eigenvalue weighted by molar-refractivity contribution is 5.83. The van der Waals surface area contributed by atoms with E-state index in [9.17, 15) is 13.6 Å². The fourth-order valence-electron chi connectivity index (χ4n) is 4.30. The number of rotatable bonds is 1. The topological polar surface area (TPSA) is 20.3 Å². The Labute approximate surface area is 145 Å². The highest BCUT2D eigenvalue weighted by Gasteiger charge is 2.45. The Kier molecular flexibility index (Phi) is 3.71. The number of halogens is 2. The average molecular weight is 339 g/mol. The zero-order valence-corrected chi connectivity index (χ0v) is 14.1. The molecular weight excluding hydrogens is 320 g/mol. The molecule has 0 saturated carbocycles. The highest BCUT2D eigenvalue weighted by atomic mass is 19.1. The Morgan fingerprint density at radius 1 is 1.16 bits per heavy atom. The second-order valence-corrected chi connectivity index (χ2v) is 6.83. The molecule has 4 heteroatoms. The minimum atomic E-state index is -0.561. The van der Waals surface area contributed by atoms with E-state index in [2.05, 4.69) is 6.07 Å². The van der Waals surface area contributed by atoms with Gasteiger partial charge in [0.15, 0.2) is 0 Å². The van der Waals surface area contributed by atoms with Crippen LogP contribution in [0.15, 0.2) is 48.5 Å². The van der Waals surface area contributed by atoms with Gasteiger partial charge in [-0.25, -0.2) is 8.78 Å². The molecule has 0 fully saturated rings. The van der Waals surface area contributed by atoms with Crippen LogP contribution in [0.25, 0.3) is 5.57 Å². The van der Waals surface area contributed by atoms with E-state index in [4.69, 9.17) is 0 Å². The van der Waals surface area contributed by atoms with Gasteiger partial charge in [-0.3, -0.25) is 4.79 Å². The lowest BCUT2D eigenvalue weighted by Crippen LogP contribution is -2.46. The van der Waals surface area contributed by atoms with E-state index in [1.165, 1.54) is 18.6 Å². The summed E-state index contributed by atoms with van der Waals surface area (Å²) in [7, 11) is 0. The Morgan fingerprint density at radius 2 is 1.96 bits per heavy atom. The minimum absolute atomic E-state index is 0.0558. The molecule has 128 valence electrons. The molecule has 2 aromatic carbocycles. The molecule has 0 aromatic heterocycles. The molecule has 25 heavy (non-hydrogen) atoms. The molecule has 1 spiro atoms. The van der Waals surface area contributed by atoms with Crippen LogP contribution in [0.3, 0.4) is 0 Å². The van der Waals surface area contributed by atoms with Crippen molar-refractivity contribution in [2.24, 2.45) is 0 Å². The van der Waals surface area contributed by atoms with E-state index >= 15 is 0 Å². The molecule has 1 atom stereocenters. The Morgan fingerprint density at radius 3 is 2.76 bits per heavy atom. The van der Waals surface area contributed by atoms with Gasteiger partial charge in [0, 0.05) is 19.0 Å². The van der Waals surface area contributed by atoms with Crippen LogP contribution in [0.2, 0.25) is 0 Å². The second kappa shape index (κ2) is 5.80. The quantitative estimate of drug-likeness (QED) is 0.752. The molecule has 1 amide bonds. The van der Waals surface area contributed by atoms with E-state index in [0.29, 0.717) is 12.1 Å². The Bertz CT molecular complexity index is 889. The lowest BCUT2D eigenvalue weighted by Gasteiger charge is -2.42. The van der Waals surface area contributed by atoms with Gasteiger partial charge in [0.1, 0.15) is 11.6 Å². The van der Waals surface area contributed by atoms with Gasteiger partial charge >= 0.3 is 0 Å². The molecule has 2 nitrogen and oxygen atoms in total. The van der Waals surface area contributed by atoms with Gasteiger partial charge in [0.05, 0.1) is 5.54 Å². The SMILES string of the molecule is CC(=O)N1CC(c2cc(F)ccc2F)=C[C@]12CCCc1ccccc12. The maximum Gasteiger partial charge on any atom is 0.220 e. The van der Waals surface area contributed by atoms with E-state index in [1.54, 1.807) is 4.90 Å². The van der Waals surface area contributed by atoms with Crippen LogP contribution < -0.4 is 0 Å². The van der Waals surface area contributed by atoms with E-state index < -0.39 is 17.2 Å². The zero-order valence-electron chi connectivity index (χ0n) is 14.1. The van der Waals surface area contributed by atoms with Gasteiger partial charge in [0.25, 0.3) is 0 Å². The number of fused-ring (bicyclic) bond motifs is 2. The number of carbonyl (C=O) groups is 1. The largest absolute Gasteiger partial charge is 0.325 e. The lowest BCUT2D eigenvalue weighted by molar-refractivity contribution is -0.132. The number of hydrogen-bond donors (Lipinski definition) is 0. The second-order valence-electron chi connectivity index (χ2n) is 6.83. The zero-order chi connectivity index (χ0) is 17.6. The van der Waals surface area contributed by atoms with Crippen molar-refractivity contribution in [2.75, 3.05) is 6.54 Å². The lowest BCUT2D eigenvalue weighted by atomic mass is 9.76. The summed E-state index contributed by atoms with van der Waals surface area (Å²) in [5.41, 5.74) is 2.67. The van der Waals surface area contributed by atoms with Crippen molar-refractivity contribution >= 4 is 11.5 Å². The van der Waals surface area contributed by atoms with Crippen molar-refractivity contribution in [1.29, 1.82) is 0 Å². The molecule has 0 saturated heterocycles. The van der Waals surface area contributed by atoms with Gasteiger partial charge < -0.3 is 4.90 Å². The number of nitrogens with zero attached hydrogens (tertiary/aromatic N) is 1. The predicted molar refractivity (Wildman–Crippen MR) is 92.8 cm³/mol. The highest BCUT2D eigenvalue weighted by Crippen LogP contribution is 2.47. The number of carbonyl (C=O) groups excluding carboxylic acids is 1. The molecule has 2 aliphatic rings. The third kappa shape index (κ3) is 2.48. The van der Waals surface area contributed by atoms with Crippen LogP contribution in [-0.4, -0.2) is 17.4 Å². The van der Waals surface area contributed by atoms with Crippen molar-refractivity contribution in [1.82, 2.24) is 4.90 Å². The van der Waals surface area contributed by atoms with Crippen LogP contribution in [0, 0.1) is 11.6 Å². The fourth-order valence-corrected chi connectivity index (χ4v) is 4.30. The Balaban J connectivity index is 1.90. The van der Waals surface area contributed by atoms with E-state index in [1.807, 2.05) is 24.3 Å². The smallest absolute Gasteiger partial charge is 0.220 e. The van der Waals surface area contributed by atoms with Crippen LogP contribution in [-0.2, 0) is 16.8 Å². The first-order chi connectivity index (χ1) is 12.0. The van der Waals surface area contributed by atoms with Crippen molar-refractivity contribution in [3.8, 4) is 0 Å². The summed E-state index contributed by atoms with van der Waals surface area (Å²) in [6, 6.07) is 11.6. The number of benzene rings is 2. The maximum atomic E-state index is 14.3. The summed E-state index contributed by atoms with van der Waals surface area (Å²) in [6.07, 6.45) is 4.70. The molecule has 0 N–H and O–H groups in total. The molecule has 1 aliphatic heterocycles. The third-order valence-corrected chi connectivity index (χ3v) is 5.37. The maximum absolute atomic E-state index is 14.3. The number of hydrogen-bond acceptors (Lipinski definition) is 1. The van der Waals surface area contributed by atoms with E-state index in [-0.39, 0.29) is 11.5 Å². The van der Waals surface area contributed by atoms with Crippen molar-refractivity contribution in [3.05, 3.63) is 76.9 Å². The van der Waals surface area contributed by atoms with Crippen molar-refractivity contribution in [2.45, 2.75) is 31.7 Å². The molecule has 0 bridgehead atoms. The van der Waals surface area contributed by atoms with Crippen LogP contribution in [0.1, 0.15) is 36.5 Å². The van der Waals surface area contributed by atoms with Gasteiger partial charge in [0.2, 0.25) is 5.91 Å². The van der Waals surface area contributed by atoms with E-state index in [0.717, 1.165) is 37.0 Å². The fraction of sp³-hybridized carbons (Fsp3) is 0.286. The van der Waals surface area contributed by atoms with Gasteiger partial charge in [-0.2, -0.15) is 0 Å². The third-order valence-electron chi connectivity index (χ3n) is 5.37. The molecular formula is C21H19F2NO. The van der Waals surface area contributed by atoms with Crippen LogP contribution in [0.4, 0.5) is 8.78 Å². The first-order valence-electron chi connectivity index (χ1n) is 8.55. The predicted octanol–water partition coefficient (Wildman–Crippen LogP) is 4.44. The summed E-state index contributed by atoms with van der Waals surface area (Å²) < 4.78 is 27.9. The summed E-state index contributed by atoms with van der Waals surface area (Å²) in [5, 5.41) is 0. The first-order valence-corrected chi connectivity index (χ1v) is 8.55. The van der Waals surface area contributed by atoms with Crippen LogP contribution in [0.5, 0.6) is 0 Å². The number of aryl methyl sites for hydroxylation is 1. The number of amides is 1. The van der Waals surface area contributed by atoms with Crippen molar-refractivity contribution < 1.29 is 13.6 Å². The monoisotopic (exact) mass is 339 g/mol. The summed E-state index contributed by atoms with van der Waals surface area (Å²) in [6.45, 7) is 1.84. The van der Waals surface area contributed by atoms with Gasteiger partial charge in [-0.05, 0) is 60.2 Å². The normalized spacial score (nSPS) is 22.0. The van der Waals surface area contributed by atoms with Gasteiger partial charge in [-0.15, -0.1) is 0 Å². The molecule has 2 aromatic rings. The van der Waals surface area contributed by atoms with Crippen LogP contribution >= 0.6 is 0 Å². The Hall–Kier alpha value is -2.49. The van der Waals surface area contributed by atoms with Gasteiger partial charge in [-0.1, -0.05) is 24.3 Å². The standard InChI is InChI=1S/C21H19F2NO/c1-14(25)24-13-16(18-11-17(22)8-9-20(18)23)12-21(24)10-4-6-15-5-2-3-7-19(15)21/h2-3,5,7-9,11-12H,4,6,10,13H2,1H3/t21-/m0/s1.